The highest BCUT2D eigenvalue weighted by Gasteiger charge is 2.12. The smallest absolute Gasteiger partial charge is 0.330 e. The second-order valence-electron chi connectivity index (χ2n) is 3.91. The van der Waals surface area contributed by atoms with E-state index in [1.54, 1.807) is 0 Å². The van der Waals surface area contributed by atoms with Crippen LogP contribution in [0.15, 0.2) is 12.1 Å². The van der Waals surface area contributed by atoms with Crippen molar-refractivity contribution in [3.05, 3.63) is 27.2 Å². The number of hydrogen-bond acceptors (Lipinski definition) is 6. The van der Waals surface area contributed by atoms with E-state index >= 15 is 0 Å². The van der Waals surface area contributed by atoms with Gasteiger partial charge >= 0.3 is 12.0 Å². The molecule has 21 heavy (non-hydrogen) atoms. The van der Waals surface area contributed by atoms with Gasteiger partial charge in [-0.05, 0) is 12.5 Å². The number of rotatable bonds is 5. The molecule has 2 rings (SSSR count). The lowest BCUT2D eigenvalue weighted by Gasteiger charge is -2.09. The molecule has 0 aliphatic rings. The Morgan fingerprint density at radius 1 is 1.00 bits per heavy atom. The molecule has 6 nitrogen and oxygen atoms in total. The van der Waals surface area contributed by atoms with Crippen LogP contribution in [0.1, 0.15) is 13.3 Å². The molecule has 2 aromatic rings. The molecule has 0 radical (unpaired) electrons. The van der Waals surface area contributed by atoms with E-state index in [0.717, 1.165) is 6.42 Å². The van der Waals surface area contributed by atoms with Crippen LogP contribution < -0.4 is 15.2 Å². The van der Waals surface area contributed by atoms with Crippen molar-refractivity contribution in [2.24, 2.45) is 0 Å². The summed E-state index contributed by atoms with van der Waals surface area (Å²) in [6.45, 7) is 2.41. The zero-order valence-corrected chi connectivity index (χ0v) is 13.2. The SMILES string of the molecule is CCCOc1nc(N)nc(Oc2cc(Cl)c(Cl)cc2Cl)n1. The summed E-state index contributed by atoms with van der Waals surface area (Å²) >= 11 is 17.8. The van der Waals surface area contributed by atoms with Crippen LogP contribution in [0.2, 0.25) is 15.1 Å². The molecule has 0 atom stereocenters. The highest BCUT2D eigenvalue weighted by molar-refractivity contribution is 6.43. The van der Waals surface area contributed by atoms with Crippen LogP contribution in [0.25, 0.3) is 0 Å². The zero-order valence-electron chi connectivity index (χ0n) is 10.9. The van der Waals surface area contributed by atoms with Crippen molar-refractivity contribution in [2.45, 2.75) is 13.3 Å². The summed E-state index contributed by atoms with van der Waals surface area (Å²) in [7, 11) is 0. The van der Waals surface area contributed by atoms with Gasteiger partial charge in [-0.25, -0.2) is 0 Å². The average molecular weight is 350 g/mol. The van der Waals surface area contributed by atoms with E-state index in [0.29, 0.717) is 16.7 Å². The van der Waals surface area contributed by atoms with E-state index in [9.17, 15) is 0 Å². The first kappa shape index (κ1) is 15.9. The number of nitrogen functional groups attached to an aromatic ring is 1. The number of anilines is 1. The number of aromatic nitrogens is 3. The van der Waals surface area contributed by atoms with E-state index in [-0.39, 0.29) is 28.7 Å². The van der Waals surface area contributed by atoms with Gasteiger partial charge in [0.05, 0.1) is 21.7 Å². The zero-order chi connectivity index (χ0) is 15.4. The lowest BCUT2D eigenvalue weighted by molar-refractivity contribution is 0.285. The van der Waals surface area contributed by atoms with Crippen molar-refractivity contribution >= 4 is 40.8 Å². The fourth-order valence-electron chi connectivity index (χ4n) is 1.34. The molecule has 0 amide bonds. The molecule has 2 N–H and O–H groups in total. The molecule has 0 fully saturated rings. The molecule has 1 heterocycles. The van der Waals surface area contributed by atoms with Crippen LogP contribution in [-0.4, -0.2) is 21.6 Å². The molecule has 1 aromatic heterocycles. The van der Waals surface area contributed by atoms with E-state index in [1.807, 2.05) is 6.92 Å². The van der Waals surface area contributed by atoms with Gasteiger partial charge in [-0.3, -0.25) is 0 Å². The molecule has 1 aromatic carbocycles. The van der Waals surface area contributed by atoms with Gasteiger partial charge in [-0.1, -0.05) is 41.7 Å². The van der Waals surface area contributed by atoms with Gasteiger partial charge in [0.1, 0.15) is 0 Å². The standard InChI is InChI=1S/C12H11Cl3N4O2/c1-2-3-20-11-17-10(16)18-12(19-11)21-9-5-7(14)6(13)4-8(9)15/h4-5H,2-3H2,1H3,(H2,16,17,18,19). The molecule has 0 unspecified atom stereocenters. The van der Waals surface area contributed by atoms with Crippen molar-refractivity contribution in [2.75, 3.05) is 12.3 Å². The molecule has 112 valence electrons. The molecular weight excluding hydrogens is 339 g/mol. The number of nitrogens with zero attached hydrogens (tertiary/aromatic N) is 3. The van der Waals surface area contributed by atoms with Crippen molar-refractivity contribution in [3.63, 3.8) is 0 Å². The topological polar surface area (TPSA) is 83.2 Å². The Hall–Kier alpha value is -1.50. The maximum atomic E-state index is 6.01. The summed E-state index contributed by atoms with van der Waals surface area (Å²) in [5.74, 6) is 0.223. The van der Waals surface area contributed by atoms with Crippen LogP contribution in [0, 0.1) is 0 Å². The Labute approximate surface area is 136 Å². The fraction of sp³-hybridized carbons (Fsp3) is 0.250. The number of benzene rings is 1. The van der Waals surface area contributed by atoms with E-state index in [4.69, 9.17) is 50.0 Å². The minimum Gasteiger partial charge on any atom is -0.463 e. The lowest BCUT2D eigenvalue weighted by atomic mass is 10.3. The predicted molar refractivity (Wildman–Crippen MR) is 81.6 cm³/mol. The molecule has 0 spiro atoms. The second kappa shape index (κ2) is 6.98. The molecule has 9 heteroatoms. The van der Waals surface area contributed by atoms with Crippen LogP contribution in [0.3, 0.4) is 0 Å². The number of ether oxygens (including phenoxy) is 2. The summed E-state index contributed by atoms with van der Waals surface area (Å²) in [5, 5.41) is 0.871. The van der Waals surface area contributed by atoms with Crippen LogP contribution >= 0.6 is 34.8 Å². The number of halogens is 3. The number of hydrogen-bond donors (Lipinski definition) is 1. The molecule has 0 aliphatic carbocycles. The Balaban J connectivity index is 2.27. The first-order valence-corrected chi connectivity index (χ1v) is 7.09. The predicted octanol–water partition coefficient (Wildman–Crippen LogP) is 4.00. The highest BCUT2D eigenvalue weighted by atomic mass is 35.5. The molecule has 0 saturated carbocycles. The molecule has 0 aliphatic heterocycles. The van der Waals surface area contributed by atoms with Crippen molar-refractivity contribution in [3.8, 4) is 17.8 Å². The largest absolute Gasteiger partial charge is 0.463 e. The molecular formula is C12H11Cl3N4O2. The Kier molecular flexibility index (Phi) is 5.27. The van der Waals surface area contributed by atoms with Gasteiger partial charge in [0.15, 0.2) is 5.75 Å². The van der Waals surface area contributed by atoms with Crippen molar-refractivity contribution < 1.29 is 9.47 Å². The van der Waals surface area contributed by atoms with Crippen LogP contribution in [0.4, 0.5) is 5.95 Å². The Morgan fingerprint density at radius 3 is 2.38 bits per heavy atom. The second-order valence-corrected chi connectivity index (χ2v) is 5.13. The van der Waals surface area contributed by atoms with Gasteiger partial charge in [0.25, 0.3) is 0 Å². The van der Waals surface area contributed by atoms with E-state index in [2.05, 4.69) is 15.0 Å². The molecule has 0 bridgehead atoms. The normalized spacial score (nSPS) is 10.5. The van der Waals surface area contributed by atoms with Gasteiger partial charge in [0, 0.05) is 6.07 Å². The van der Waals surface area contributed by atoms with Crippen LogP contribution in [-0.2, 0) is 0 Å². The summed E-state index contributed by atoms with van der Waals surface area (Å²) < 4.78 is 10.7. The summed E-state index contributed by atoms with van der Waals surface area (Å²) in [5.41, 5.74) is 5.57. The third kappa shape index (κ3) is 4.23. The first-order chi connectivity index (χ1) is 9.99. The van der Waals surface area contributed by atoms with Gasteiger partial charge < -0.3 is 15.2 Å². The summed E-state index contributed by atoms with van der Waals surface area (Å²) in [4.78, 5) is 11.7. The van der Waals surface area contributed by atoms with Gasteiger partial charge in [-0.2, -0.15) is 9.97 Å². The maximum Gasteiger partial charge on any atom is 0.330 e. The minimum absolute atomic E-state index is 0.0257. The quantitative estimate of drug-likeness (QED) is 0.822. The van der Waals surface area contributed by atoms with Crippen molar-refractivity contribution in [1.82, 2.24) is 15.0 Å². The molecule has 0 saturated heterocycles. The Bertz CT molecular complexity index is 655. The van der Waals surface area contributed by atoms with E-state index in [1.165, 1.54) is 12.1 Å². The summed E-state index contributed by atoms with van der Waals surface area (Å²) in [6.07, 6.45) is 0.806. The van der Waals surface area contributed by atoms with Gasteiger partial charge in [-0.15, -0.1) is 4.98 Å². The highest BCUT2D eigenvalue weighted by Crippen LogP contribution is 2.35. The van der Waals surface area contributed by atoms with Crippen molar-refractivity contribution in [1.29, 1.82) is 0 Å². The third-order valence-corrected chi connectivity index (χ3v) is 3.24. The third-order valence-electron chi connectivity index (χ3n) is 2.22. The van der Waals surface area contributed by atoms with Crippen LogP contribution in [0.5, 0.6) is 17.8 Å². The average Bonchev–Trinajstić information content (AvgIpc) is 2.42. The first-order valence-electron chi connectivity index (χ1n) is 5.96. The fourth-order valence-corrected chi connectivity index (χ4v) is 1.91. The van der Waals surface area contributed by atoms with E-state index < -0.39 is 0 Å². The summed E-state index contributed by atoms with van der Waals surface area (Å²) in [6, 6.07) is 2.95. The monoisotopic (exact) mass is 348 g/mol. The maximum absolute atomic E-state index is 6.01. The van der Waals surface area contributed by atoms with Gasteiger partial charge in [0.2, 0.25) is 5.95 Å². The lowest BCUT2D eigenvalue weighted by Crippen LogP contribution is -2.05. The number of nitrogens with two attached hydrogens (primary N) is 1. The minimum atomic E-state index is -0.0473. The Morgan fingerprint density at radius 2 is 1.67 bits per heavy atom.